The number of aliphatic carboxylic acids is 1. The van der Waals surface area contributed by atoms with Crippen molar-refractivity contribution in [3.05, 3.63) is 24.3 Å². The first-order chi connectivity index (χ1) is 9.82. The first-order valence-electron chi connectivity index (χ1n) is 7.14. The summed E-state index contributed by atoms with van der Waals surface area (Å²) in [7, 11) is -3.26. The van der Waals surface area contributed by atoms with Gasteiger partial charge in [-0.2, -0.15) is 0 Å². The lowest BCUT2D eigenvalue weighted by Gasteiger charge is -2.32. The van der Waals surface area contributed by atoms with E-state index in [1.807, 2.05) is 4.90 Å². The maximum Gasteiger partial charge on any atom is 0.308 e. The molecule has 6 heteroatoms. The van der Waals surface area contributed by atoms with Crippen molar-refractivity contribution < 1.29 is 18.3 Å². The molecule has 1 aromatic carbocycles. The Kier molecular flexibility index (Phi) is 4.56. The van der Waals surface area contributed by atoms with Crippen molar-refractivity contribution in [3.63, 3.8) is 0 Å². The minimum absolute atomic E-state index is 0.313. The van der Waals surface area contributed by atoms with E-state index in [1.54, 1.807) is 38.1 Å². The third-order valence-corrected chi connectivity index (χ3v) is 6.09. The number of nitrogens with zero attached hydrogens (tertiary/aromatic N) is 1. The van der Waals surface area contributed by atoms with Crippen molar-refractivity contribution in [1.82, 2.24) is 0 Å². The summed E-state index contributed by atoms with van der Waals surface area (Å²) in [6.07, 6.45) is 1.54. The molecule has 1 aliphatic rings. The Labute approximate surface area is 125 Å². The largest absolute Gasteiger partial charge is 0.481 e. The van der Waals surface area contributed by atoms with Gasteiger partial charge in [0.05, 0.1) is 16.1 Å². The van der Waals surface area contributed by atoms with Crippen molar-refractivity contribution in [1.29, 1.82) is 0 Å². The van der Waals surface area contributed by atoms with E-state index >= 15 is 0 Å². The SMILES string of the molecule is CC(C)S(=O)(=O)c1ccc(N2CCC[C@@H](C(=O)O)C2)cc1. The summed E-state index contributed by atoms with van der Waals surface area (Å²) in [5.74, 6) is -1.11. The first kappa shape index (κ1) is 15.8. The van der Waals surface area contributed by atoms with Crippen LogP contribution in [0.15, 0.2) is 29.2 Å². The molecule has 0 radical (unpaired) electrons. The van der Waals surface area contributed by atoms with E-state index in [0.717, 1.165) is 18.7 Å². The van der Waals surface area contributed by atoms with E-state index in [2.05, 4.69) is 0 Å². The van der Waals surface area contributed by atoms with Crippen LogP contribution in [0.3, 0.4) is 0 Å². The molecule has 1 fully saturated rings. The molecule has 1 saturated heterocycles. The van der Waals surface area contributed by atoms with Crippen LogP contribution < -0.4 is 4.90 Å². The maximum atomic E-state index is 12.1. The number of hydrogen-bond donors (Lipinski definition) is 1. The molecule has 0 saturated carbocycles. The molecule has 1 atom stereocenters. The summed E-state index contributed by atoms with van der Waals surface area (Å²) < 4.78 is 24.1. The Hall–Kier alpha value is -1.56. The predicted molar refractivity (Wildman–Crippen MR) is 81.3 cm³/mol. The van der Waals surface area contributed by atoms with Gasteiger partial charge in [0, 0.05) is 18.8 Å². The van der Waals surface area contributed by atoms with Gasteiger partial charge in [0.25, 0.3) is 0 Å². The molecule has 1 aromatic rings. The summed E-state index contributed by atoms with van der Waals surface area (Å²) >= 11 is 0. The minimum Gasteiger partial charge on any atom is -0.481 e. The second-order valence-electron chi connectivity index (χ2n) is 5.71. The molecular formula is C15H21NO4S. The molecular weight excluding hydrogens is 290 g/mol. The lowest BCUT2D eigenvalue weighted by atomic mass is 9.98. The summed E-state index contributed by atoms with van der Waals surface area (Å²) in [5.41, 5.74) is 0.878. The highest BCUT2D eigenvalue weighted by atomic mass is 32.2. The molecule has 1 N–H and O–H groups in total. The Morgan fingerprint density at radius 3 is 2.43 bits per heavy atom. The van der Waals surface area contributed by atoms with Crippen molar-refractivity contribution in [3.8, 4) is 0 Å². The third kappa shape index (κ3) is 3.37. The monoisotopic (exact) mass is 311 g/mol. The van der Waals surface area contributed by atoms with Crippen molar-refractivity contribution in [2.45, 2.75) is 36.8 Å². The highest BCUT2D eigenvalue weighted by Gasteiger charge is 2.26. The van der Waals surface area contributed by atoms with Crippen LogP contribution in [0.4, 0.5) is 5.69 Å². The van der Waals surface area contributed by atoms with E-state index in [-0.39, 0.29) is 5.92 Å². The van der Waals surface area contributed by atoms with Gasteiger partial charge in [0.15, 0.2) is 9.84 Å². The zero-order chi connectivity index (χ0) is 15.6. The van der Waals surface area contributed by atoms with Crippen LogP contribution in [0.2, 0.25) is 0 Å². The van der Waals surface area contributed by atoms with Crippen molar-refractivity contribution in [2.24, 2.45) is 5.92 Å². The molecule has 0 amide bonds. The normalized spacial score (nSPS) is 19.8. The average Bonchev–Trinajstić information content (AvgIpc) is 2.47. The van der Waals surface area contributed by atoms with Crippen molar-refractivity contribution >= 4 is 21.5 Å². The number of rotatable bonds is 4. The van der Waals surface area contributed by atoms with Crippen molar-refractivity contribution in [2.75, 3.05) is 18.0 Å². The van der Waals surface area contributed by atoms with Crippen LogP contribution in [0.5, 0.6) is 0 Å². The number of carbonyl (C=O) groups is 1. The fourth-order valence-corrected chi connectivity index (χ4v) is 3.59. The van der Waals surface area contributed by atoms with Crippen LogP contribution in [0, 0.1) is 5.92 Å². The summed E-state index contributed by atoms with van der Waals surface area (Å²) in [5, 5.41) is 8.66. The molecule has 0 aliphatic carbocycles. The Balaban J connectivity index is 2.18. The van der Waals surface area contributed by atoms with E-state index in [4.69, 9.17) is 5.11 Å². The Morgan fingerprint density at radius 1 is 1.29 bits per heavy atom. The smallest absolute Gasteiger partial charge is 0.308 e. The zero-order valence-electron chi connectivity index (χ0n) is 12.3. The second-order valence-corrected chi connectivity index (χ2v) is 8.22. The van der Waals surface area contributed by atoms with Gasteiger partial charge < -0.3 is 10.0 Å². The van der Waals surface area contributed by atoms with Gasteiger partial charge in [-0.25, -0.2) is 8.42 Å². The third-order valence-electron chi connectivity index (χ3n) is 3.92. The molecule has 0 bridgehead atoms. The van der Waals surface area contributed by atoms with Crippen LogP contribution in [0.1, 0.15) is 26.7 Å². The van der Waals surface area contributed by atoms with Crippen LogP contribution in [0.25, 0.3) is 0 Å². The Morgan fingerprint density at radius 2 is 1.90 bits per heavy atom. The van der Waals surface area contributed by atoms with Crippen LogP contribution in [-0.2, 0) is 14.6 Å². The molecule has 0 unspecified atom stereocenters. The number of anilines is 1. The Bertz CT molecular complexity index is 607. The number of carboxylic acid groups (broad SMARTS) is 1. The van der Waals surface area contributed by atoms with Gasteiger partial charge in [0.2, 0.25) is 0 Å². The van der Waals surface area contributed by atoms with Gasteiger partial charge in [0.1, 0.15) is 0 Å². The highest BCUT2D eigenvalue weighted by molar-refractivity contribution is 7.92. The van der Waals surface area contributed by atoms with Crippen LogP contribution >= 0.6 is 0 Å². The van der Waals surface area contributed by atoms with E-state index < -0.39 is 21.1 Å². The fourth-order valence-electron chi connectivity index (χ4n) is 2.53. The molecule has 5 nitrogen and oxygen atoms in total. The lowest BCUT2D eigenvalue weighted by Crippen LogP contribution is -2.38. The molecule has 0 spiro atoms. The van der Waals surface area contributed by atoms with Gasteiger partial charge in [-0.1, -0.05) is 0 Å². The van der Waals surface area contributed by atoms with Gasteiger partial charge >= 0.3 is 5.97 Å². The fraction of sp³-hybridized carbons (Fsp3) is 0.533. The van der Waals surface area contributed by atoms with E-state index in [9.17, 15) is 13.2 Å². The molecule has 2 rings (SSSR count). The highest BCUT2D eigenvalue weighted by Crippen LogP contribution is 2.25. The lowest BCUT2D eigenvalue weighted by molar-refractivity contribution is -0.141. The number of piperidine rings is 1. The van der Waals surface area contributed by atoms with Gasteiger partial charge in [-0.15, -0.1) is 0 Å². The predicted octanol–water partition coefficient (Wildman–Crippen LogP) is 2.17. The van der Waals surface area contributed by atoms with Gasteiger partial charge in [-0.05, 0) is 51.0 Å². The number of sulfone groups is 1. The molecule has 0 aromatic heterocycles. The molecule has 21 heavy (non-hydrogen) atoms. The quantitative estimate of drug-likeness (QED) is 0.922. The summed E-state index contributed by atoms with van der Waals surface area (Å²) in [6, 6.07) is 6.74. The maximum absolute atomic E-state index is 12.1. The topological polar surface area (TPSA) is 74.7 Å². The number of hydrogen-bond acceptors (Lipinski definition) is 4. The van der Waals surface area contributed by atoms with E-state index in [1.165, 1.54) is 0 Å². The number of benzene rings is 1. The first-order valence-corrected chi connectivity index (χ1v) is 8.68. The molecule has 1 heterocycles. The average molecular weight is 311 g/mol. The van der Waals surface area contributed by atoms with E-state index in [0.29, 0.717) is 17.9 Å². The summed E-state index contributed by atoms with van der Waals surface area (Å²) in [4.78, 5) is 13.4. The minimum atomic E-state index is -3.26. The van der Waals surface area contributed by atoms with Crippen LogP contribution in [-0.4, -0.2) is 37.8 Å². The standard InChI is InChI=1S/C15H21NO4S/c1-11(2)21(19,20)14-7-5-13(6-8-14)16-9-3-4-12(10-16)15(17)18/h5-8,11-12H,3-4,9-10H2,1-2H3,(H,17,18)/t12-/m1/s1. The molecule has 116 valence electrons. The van der Waals surface area contributed by atoms with Gasteiger partial charge in [-0.3, -0.25) is 4.79 Å². The second kappa shape index (κ2) is 6.05. The number of carboxylic acids is 1. The molecule has 1 aliphatic heterocycles. The summed E-state index contributed by atoms with van der Waals surface area (Å²) in [6.45, 7) is 4.60. The zero-order valence-corrected chi connectivity index (χ0v) is 13.1.